The number of piperazine rings is 1. The minimum Gasteiger partial charge on any atom is -0.478 e. The second-order valence-corrected chi connectivity index (χ2v) is 10.2. The van der Waals surface area contributed by atoms with Gasteiger partial charge in [0.1, 0.15) is 11.6 Å². The Hall–Kier alpha value is -3.17. The van der Waals surface area contributed by atoms with E-state index < -0.39 is 5.97 Å². The largest absolute Gasteiger partial charge is 0.478 e. The van der Waals surface area contributed by atoms with Crippen molar-refractivity contribution in [2.75, 3.05) is 40.9 Å². The minimum absolute atomic E-state index is 0.0723. The van der Waals surface area contributed by atoms with Crippen molar-refractivity contribution in [3.63, 3.8) is 0 Å². The van der Waals surface area contributed by atoms with Gasteiger partial charge in [0.15, 0.2) is 0 Å². The highest BCUT2D eigenvalue weighted by atomic mass is 35.5. The van der Waals surface area contributed by atoms with Crippen molar-refractivity contribution in [3.8, 4) is 11.3 Å². The first-order chi connectivity index (χ1) is 17.3. The molecule has 0 amide bonds. The molecule has 0 spiro atoms. The van der Waals surface area contributed by atoms with E-state index in [0.717, 1.165) is 42.4 Å². The molecule has 2 fully saturated rings. The van der Waals surface area contributed by atoms with E-state index in [1.165, 1.54) is 12.3 Å². The smallest absolute Gasteiger partial charge is 0.337 e. The molecule has 0 aliphatic carbocycles. The summed E-state index contributed by atoms with van der Waals surface area (Å²) in [5, 5.41) is 10.1. The number of hydrogen-bond acceptors (Lipinski definition) is 8. The molecule has 0 aromatic carbocycles. The van der Waals surface area contributed by atoms with Gasteiger partial charge in [-0.2, -0.15) is 4.98 Å². The third-order valence-corrected chi connectivity index (χ3v) is 7.29. The first kappa shape index (κ1) is 24.5. The van der Waals surface area contributed by atoms with Crippen LogP contribution in [0.5, 0.6) is 0 Å². The van der Waals surface area contributed by atoms with E-state index in [9.17, 15) is 9.90 Å². The lowest BCUT2D eigenvalue weighted by atomic mass is 10.1. The molecular weight excluding hydrogens is 501 g/mol. The summed E-state index contributed by atoms with van der Waals surface area (Å²) < 4.78 is 0. The van der Waals surface area contributed by atoms with Crippen molar-refractivity contribution in [2.45, 2.75) is 38.8 Å². The molecule has 9 nitrogen and oxygen atoms in total. The number of halogens is 2. The zero-order chi connectivity index (χ0) is 25.4. The molecule has 2 saturated heterocycles. The summed E-state index contributed by atoms with van der Waals surface area (Å²) in [6, 6.07) is 5.79. The van der Waals surface area contributed by atoms with Gasteiger partial charge in [-0.3, -0.25) is 4.98 Å². The molecule has 1 N–H and O–H groups in total. The predicted octanol–water partition coefficient (Wildman–Crippen LogP) is 4.64. The fourth-order valence-electron chi connectivity index (χ4n) is 4.90. The molecule has 2 aliphatic heterocycles. The van der Waals surface area contributed by atoms with E-state index in [-0.39, 0.29) is 11.6 Å². The molecule has 0 radical (unpaired) electrons. The Morgan fingerprint density at radius 2 is 1.83 bits per heavy atom. The minimum atomic E-state index is -1.05. The van der Waals surface area contributed by atoms with E-state index >= 15 is 0 Å². The highest BCUT2D eigenvalue weighted by Gasteiger charge is 2.30. The van der Waals surface area contributed by atoms with Gasteiger partial charge in [-0.05, 0) is 38.8 Å². The van der Waals surface area contributed by atoms with Gasteiger partial charge >= 0.3 is 5.97 Å². The van der Waals surface area contributed by atoms with E-state index in [1.807, 2.05) is 12.1 Å². The summed E-state index contributed by atoms with van der Waals surface area (Å²) in [5.74, 6) is 1.11. The van der Waals surface area contributed by atoms with Crippen molar-refractivity contribution in [1.82, 2.24) is 19.9 Å². The summed E-state index contributed by atoms with van der Waals surface area (Å²) in [5.41, 5.74) is 1.70. The molecule has 188 valence electrons. The molecule has 5 heterocycles. The molecule has 11 heteroatoms. The molecule has 0 bridgehead atoms. The van der Waals surface area contributed by atoms with Crippen LogP contribution in [0.15, 0.2) is 36.8 Å². The van der Waals surface area contributed by atoms with Gasteiger partial charge in [0, 0.05) is 68.5 Å². The van der Waals surface area contributed by atoms with Gasteiger partial charge in [0.05, 0.1) is 21.3 Å². The molecule has 2 atom stereocenters. The van der Waals surface area contributed by atoms with Crippen LogP contribution < -0.4 is 14.7 Å². The summed E-state index contributed by atoms with van der Waals surface area (Å²) in [6.07, 6.45) is 6.96. The summed E-state index contributed by atoms with van der Waals surface area (Å²) in [7, 11) is 0. The lowest BCUT2D eigenvalue weighted by Gasteiger charge is -2.41. The zero-order valence-electron chi connectivity index (χ0n) is 20.1. The van der Waals surface area contributed by atoms with Crippen LogP contribution in [0, 0.1) is 0 Å². The molecule has 36 heavy (non-hydrogen) atoms. The number of carbonyl (C=O) groups is 1. The number of anilines is 3. The molecule has 2 aliphatic rings. The van der Waals surface area contributed by atoms with Crippen LogP contribution in [-0.2, 0) is 0 Å². The Balaban J connectivity index is 1.45. The lowest BCUT2D eigenvalue weighted by Crippen LogP contribution is -2.52. The molecule has 2 unspecified atom stereocenters. The number of carboxylic acid groups (broad SMARTS) is 1. The Bertz CT molecular complexity index is 1290. The van der Waals surface area contributed by atoms with E-state index in [1.54, 1.807) is 12.4 Å². The van der Waals surface area contributed by atoms with E-state index in [4.69, 9.17) is 33.2 Å². The van der Waals surface area contributed by atoms with Crippen LogP contribution in [-0.4, -0.2) is 69.3 Å². The van der Waals surface area contributed by atoms with Gasteiger partial charge < -0.3 is 19.8 Å². The van der Waals surface area contributed by atoms with Crippen LogP contribution in [0.2, 0.25) is 10.0 Å². The van der Waals surface area contributed by atoms with Gasteiger partial charge in [-0.15, -0.1) is 0 Å². The normalized spacial score (nSPS) is 20.2. The third kappa shape index (κ3) is 4.90. The fourth-order valence-corrected chi connectivity index (χ4v) is 5.36. The second kappa shape index (κ2) is 10.1. The van der Waals surface area contributed by atoms with Crippen LogP contribution in [0.4, 0.5) is 17.6 Å². The van der Waals surface area contributed by atoms with E-state index in [2.05, 4.69) is 38.5 Å². The maximum atomic E-state index is 11.2. The number of pyridine rings is 2. The molecule has 5 rings (SSSR count). The number of carboxylic acids is 1. The highest BCUT2D eigenvalue weighted by Crippen LogP contribution is 2.32. The van der Waals surface area contributed by atoms with Gasteiger partial charge in [-0.1, -0.05) is 23.2 Å². The van der Waals surface area contributed by atoms with Crippen LogP contribution in [0.1, 0.15) is 37.0 Å². The maximum absolute atomic E-state index is 11.2. The first-order valence-corrected chi connectivity index (χ1v) is 12.7. The topological polar surface area (TPSA) is 98.6 Å². The molecular formula is C25H27Cl2N7O2. The van der Waals surface area contributed by atoms with Crippen molar-refractivity contribution >= 4 is 46.8 Å². The van der Waals surface area contributed by atoms with Crippen LogP contribution in [0.3, 0.4) is 0 Å². The Labute approximate surface area is 219 Å². The first-order valence-electron chi connectivity index (χ1n) is 12.0. The van der Waals surface area contributed by atoms with Gasteiger partial charge in [-0.25, -0.2) is 14.8 Å². The standard InChI is InChI=1S/C25H27Cl2N7O2/c1-15-4-3-5-34(15)25-30-21(17-8-19(26)13-28-11-17)10-22(31-25)33-7-6-32(14-16(33)2)23-20(27)9-18(12-29-23)24(35)36/h8-13,15-16H,3-7,14H2,1-2H3,(H,35,36). The lowest BCUT2D eigenvalue weighted by molar-refractivity contribution is 0.0696. The average Bonchev–Trinajstić information content (AvgIpc) is 3.29. The second-order valence-electron chi connectivity index (χ2n) is 9.31. The number of nitrogens with zero attached hydrogens (tertiary/aromatic N) is 7. The molecule has 3 aromatic heterocycles. The van der Waals surface area contributed by atoms with E-state index in [0.29, 0.717) is 41.5 Å². The highest BCUT2D eigenvalue weighted by molar-refractivity contribution is 6.33. The van der Waals surface area contributed by atoms with Crippen molar-refractivity contribution < 1.29 is 9.90 Å². The van der Waals surface area contributed by atoms with Crippen molar-refractivity contribution in [2.24, 2.45) is 0 Å². The van der Waals surface area contributed by atoms with Crippen molar-refractivity contribution in [3.05, 3.63) is 52.4 Å². The van der Waals surface area contributed by atoms with Crippen LogP contribution >= 0.6 is 23.2 Å². The Morgan fingerprint density at radius 1 is 1.00 bits per heavy atom. The number of rotatable bonds is 5. The molecule has 3 aromatic rings. The SMILES string of the molecule is CC1CN(c2ncc(C(=O)O)cc2Cl)CCN1c1cc(-c2cncc(Cl)c2)nc(N2CCCC2C)n1. The monoisotopic (exact) mass is 527 g/mol. The molecule has 0 saturated carbocycles. The van der Waals surface area contributed by atoms with Crippen LogP contribution in [0.25, 0.3) is 11.3 Å². The average molecular weight is 528 g/mol. The summed E-state index contributed by atoms with van der Waals surface area (Å²) in [6.45, 7) is 7.28. The maximum Gasteiger partial charge on any atom is 0.337 e. The number of aromatic carboxylic acids is 1. The number of hydrogen-bond donors (Lipinski definition) is 1. The third-order valence-electron chi connectivity index (χ3n) is 6.80. The number of aromatic nitrogens is 4. The summed E-state index contributed by atoms with van der Waals surface area (Å²) >= 11 is 12.6. The van der Waals surface area contributed by atoms with Crippen molar-refractivity contribution in [1.29, 1.82) is 0 Å². The van der Waals surface area contributed by atoms with Gasteiger partial charge in [0.2, 0.25) is 5.95 Å². The predicted molar refractivity (Wildman–Crippen MR) is 142 cm³/mol. The fraction of sp³-hybridized carbons (Fsp3) is 0.400. The quantitative estimate of drug-likeness (QED) is 0.508. The van der Waals surface area contributed by atoms with Gasteiger partial charge in [0.25, 0.3) is 0 Å². The summed E-state index contributed by atoms with van der Waals surface area (Å²) in [4.78, 5) is 36.3. The Kier molecular flexibility index (Phi) is 6.85. The zero-order valence-corrected chi connectivity index (χ0v) is 21.6. The Morgan fingerprint density at radius 3 is 2.50 bits per heavy atom.